The molecule has 2 atom stereocenters. The van der Waals surface area contributed by atoms with Gasteiger partial charge in [0.05, 0.1) is 19.1 Å². The van der Waals surface area contributed by atoms with Gasteiger partial charge in [0.2, 0.25) is 5.75 Å². The van der Waals surface area contributed by atoms with Crippen LogP contribution in [0.3, 0.4) is 0 Å². The second-order valence-corrected chi connectivity index (χ2v) is 5.11. The Hall–Kier alpha value is -1.95. The van der Waals surface area contributed by atoms with Gasteiger partial charge in [0.25, 0.3) is 0 Å². The molecule has 0 aromatic heterocycles. The molecule has 6 heteroatoms. The summed E-state index contributed by atoms with van der Waals surface area (Å²) in [5.74, 6) is -0.283. The molecule has 3 rings (SSSR count). The summed E-state index contributed by atoms with van der Waals surface area (Å²) in [5.41, 5.74) is 0.665. The maximum atomic E-state index is 11.0. The molecule has 0 saturated carbocycles. The van der Waals surface area contributed by atoms with Crippen LogP contribution in [0.4, 0.5) is 0 Å². The maximum Gasteiger partial charge on any atom is 0.307 e. The van der Waals surface area contributed by atoms with Crippen molar-refractivity contribution in [3.8, 4) is 17.2 Å². The molecule has 0 spiro atoms. The predicted molar refractivity (Wildman–Crippen MR) is 70.2 cm³/mol. The Kier molecular flexibility index (Phi) is 3.40. The van der Waals surface area contributed by atoms with Crippen LogP contribution in [0.5, 0.6) is 17.2 Å². The number of hydrogen-bond acceptors (Lipinski definition) is 5. The first-order valence-corrected chi connectivity index (χ1v) is 6.74. The Balaban J connectivity index is 1.88. The molecule has 2 aliphatic heterocycles. The van der Waals surface area contributed by atoms with E-state index in [-0.39, 0.29) is 11.8 Å². The van der Waals surface area contributed by atoms with Crippen LogP contribution in [0.1, 0.15) is 24.4 Å². The average Bonchev–Trinajstić information content (AvgIpc) is 2.78. The zero-order chi connectivity index (χ0) is 14.1. The molecular weight excluding hydrogens is 262 g/mol. The predicted octanol–water partition coefficient (Wildman–Crippen LogP) is 1.29. The first-order chi connectivity index (χ1) is 9.66. The van der Waals surface area contributed by atoms with E-state index in [0.29, 0.717) is 43.2 Å². The molecule has 0 aliphatic carbocycles. The second kappa shape index (κ2) is 5.20. The van der Waals surface area contributed by atoms with E-state index in [1.54, 1.807) is 12.1 Å². The van der Waals surface area contributed by atoms with Crippen LogP contribution in [-0.4, -0.2) is 35.9 Å². The van der Waals surface area contributed by atoms with Gasteiger partial charge < -0.3 is 25.0 Å². The Morgan fingerprint density at radius 2 is 2.10 bits per heavy atom. The Morgan fingerprint density at radius 1 is 1.30 bits per heavy atom. The maximum absolute atomic E-state index is 11.0. The van der Waals surface area contributed by atoms with E-state index < -0.39 is 11.9 Å². The Bertz CT molecular complexity index is 531. The van der Waals surface area contributed by atoms with Gasteiger partial charge in [-0.05, 0) is 18.6 Å². The highest BCUT2D eigenvalue weighted by atomic mass is 16.5. The van der Waals surface area contributed by atoms with Gasteiger partial charge in [0.1, 0.15) is 0 Å². The lowest BCUT2D eigenvalue weighted by atomic mass is 9.99. The van der Waals surface area contributed by atoms with Gasteiger partial charge in [-0.3, -0.25) is 4.79 Å². The van der Waals surface area contributed by atoms with E-state index >= 15 is 0 Å². The summed E-state index contributed by atoms with van der Waals surface area (Å²) in [6.45, 7) is 1.47. The summed E-state index contributed by atoms with van der Waals surface area (Å²) >= 11 is 0. The zero-order valence-corrected chi connectivity index (χ0v) is 11.0. The molecule has 3 N–H and O–H groups in total. The Labute approximate surface area is 116 Å². The molecule has 2 unspecified atom stereocenters. The van der Waals surface area contributed by atoms with Gasteiger partial charge in [-0.2, -0.15) is 0 Å². The topological polar surface area (TPSA) is 88.0 Å². The number of aromatic hydroxyl groups is 1. The molecule has 1 aromatic carbocycles. The lowest BCUT2D eigenvalue weighted by Gasteiger charge is -2.16. The quantitative estimate of drug-likeness (QED) is 0.756. The number of nitrogens with one attached hydrogen (secondary N) is 1. The van der Waals surface area contributed by atoms with Crippen LogP contribution < -0.4 is 14.8 Å². The SMILES string of the molecule is O=C(O)C1CNC(c2ccc3c(c2O)OCCCO3)C1. The van der Waals surface area contributed by atoms with Crippen molar-refractivity contribution in [3.63, 3.8) is 0 Å². The second-order valence-electron chi connectivity index (χ2n) is 5.11. The van der Waals surface area contributed by atoms with Crippen molar-refractivity contribution in [2.75, 3.05) is 19.8 Å². The molecule has 20 heavy (non-hydrogen) atoms. The van der Waals surface area contributed by atoms with Gasteiger partial charge in [-0.15, -0.1) is 0 Å². The minimum Gasteiger partial charge on any atom is -0.504 e. The van der Waals surface area contributed by atoms with Gasteiger partial charge in [-0.25, -0.2) is 0 Å². The number of ether oxygens (including phenoxy) is 2. The van der Waals surface area contributed by atoms with Gasteiger partial charge in [-0.1, -0.05) is 0 Å². The van der Waals surface area contributed by atoms with Crippen LogP contribution in [0.15, 0.2) is 12.1 Å². The van der Waals surface area contributed by atoms with Crippen molar-refractivity contribution in [3.05, 3.63) is 17.7 Å². The summed E-state index contributed by atoms with van der Waals surface area (Å²) in [6, 6.07) is 3.37. The molecule has 1 fully saturated rings. The molecular formula is C14H17NO5. The van der Waals surface area contributed by atoms with Gasteiger partial charge in [0.15, 0.2) is 11.5 Å². The van der Waals surface area contributed by atoms with Gasteiger partial charge in [0, 0.05) is 24.6 Å². The highest BCUT2D eigenvalue weighted by Crippen LogP contribution is 2.44. The number of rotatable bonds is 2. The fourth-order valence-corrected chi connectivity index (χ4v) is 2.68. The molecule has 108 valence electrons. The van der Waals surface area contributed by atoms with Crippen molar-refractivity contribution in [1.29, 1.82) is 0 Å². The third-order valence-electron chi connectivity index (χ3n) is 3.77. The normalized spacial score (nSPS) is 25.2. The van der Waals surface area contributed by atoms with E-state index in [0.717, 1.165) is 6.42 Å². The van der Waals surface area contributed by atoms with Crippen molar-refractivity contribution in [2.45, 2.75) is 18.9 Å². The van der Waals surface area contributed by atoms with Crippen molar-refractivity contribution < 1.29 is 24.5 Å². The van der Waals surface area contributed by atoms with Crippen LogP contribution in [0.25, 0.3) is 0 Å². The van der Waals surface area contributed by atoms with E-state index in [9.17, 15) is 9.90 Å². The lowest BCUT2D eigenvalue weighted by molar-refractivity contribution is -0.141. The number of hydrogen-bond donors (Lipinski definition) is 3. The Morgan fingerprint density at radius 3 is 2.85 bits per heavy atom. The van der Waals surface area contributed by atoms with E-state index in [1.807, 2.05) is 0 Å². The minimum atomic E-state index is -0.811. The van der Waals surface area contributed by atoms with Crippen molar-refractivity contribution in [1.82, 2.24) is 5.32 Å². The number of fused-ring (bicyclic) bond motifs is 1. The largest absolute Gasteiger partial charge is 0.504 e. The fourth-order valence-electron chi connectivity index (χ4n) is 2.68. The first kappa shape index (κ1) is 13.1. The molecule has 2 heterocycles. The molecule has 6 nitrogen and oxygen atoms in total. The molecule has 0 bridgehead atoms. The third kappa shape index (κ3) is 2.27. The van der Waals surface area contributed by atoms with Crippen molar-refractivity contribution in [2.24, 2.45) is 5.92 Å². The van der Waals surface area contributed by atoms with Crippen LogP contribution in [-0.2, 0) is 4.79 Å². The van der Waals surface area contributed by atoms with Crippen molar-refractivity contribution >= 4 is 5.97 Å². The first-order valence-electron chi connectivity index (χ1n) is 6.74. The smallest absolute Gasteiger partial charge is 0.307 e. The fraction of sp³-hybridized carbons (Fsp3) is 0.500. The minimum absolute atomic E-state index is 0.0490. The summed E-state index contributed by atoms with van der Waals surface area (Å²) in [5, 5.41) is 22.5. The number of phenols is 1. The molecule has 0 amide bonds. The van der Waals surface area contributed by atoms with Crippen LogP contribution in [0.2, 0.25) is 0 Å². The number of aliphatic carboxylic acids is 1. The number of benzene rings is 1. The molecule has 2 aliphatic rings. The van der Waals surface area contributed by atoms with Crippen LogP contribution in [0, 0.1) is 5.92 Å². The van der Waals surface area contributed by atoms with E-state index in [1.165, 1.54) is 0 Å². The monoisotopic (exact) mass is 279 g/mol. The number of carbonyl (C=O) groups is 1. The van der Waals surface area contributed by atoms with E-state index in [2.05, 4.69) is 5.32 Å². The highest BCUT2D eigenvalue weighted by Gasteiger charge is 2.32. The molecule has 1 saturated heterocycles. The zero-order valence-electron chi connectivity index (χ0n) is 11.0. The highest BCUT2D eigenvalue weighted by molar-refractivity contribution is 5.71. The number of phenolic OH excluding ortho intramolecular Hbond substituents is 1. The van der Waals surface area contributed by atoms with Gasteiger partial charge >= 0.3 is 5.97 Å². The summed E-state index contributed by atoms with van der Waals surface area (Å²) in [6.07, 6.45) is 1.23. The standard InChI is InChI=1S/C14H17NO5/c16-12-9(10-6-8(7-15-10)14(17)18)2-3-11-13(12)20-5-1-4-19-11/h2-3,8,10,15-16H,1,4-7H2,(H,17,18). The molecule has 0 radical (unpaired) electrons. The number of carboxylic acid groups (broad SMARTS) is 1. The molecule has 1 aromatic rings. The van der Waals surface area contributed by atoms with Crippen LogP contribution >= 0.6 is 0 Å². The number of carboxylic acids is 1. The summed E-state index contributed by atoms with van der Waals surface area (Å²) in [4.78, 5) is 11.0. The lowest BCUT2D eigenvalue weighted by Crippen LogP contribution is -2.17. The third-order valence-corrected chi connectivity index (χ3v) is 3.77. The summed E-state index contributed by atoms with van der Waals surface area (Å²) in [7, 11) is 0. The van der Waals surface area contributed by atoms with E-state index in [4.69, 9.17) is 14.6 Å². The summed E-state index contributed by atoms with van der Waals surface area (Å²) < 4.78 is 11.0. The average molecular weight is 279 g/mol.